The Labute approximate surface area is 648 Å². The van der Waals surface area contributed by atoms with E-state index in [0.29, 0.717) is 19.3 Å². The summed E-state index contributed by atoms with van der Waals surface area (Å²) in [7, 11) is -9.83. The average molecular weight is 1530 g/mol. The van der Waals surface area contributed by atoms with Crippen LogP contribution in [-0.2, 0) is 55.8 Å². The molecular formula is C89H142O16P2. The molecular weight excluding hydrogens is 1390 g/mol. The molecule has 16 nitrogen and oxygen atoms in total. The number of unbranched alkanes of at least 4 members (excludes halogenated alkanes) is 17. The number of carbonyl (C=O) groups excluding carboxylic acids is 3. The summed E-state index contributed by atoms with van der Waals surface area (Å²) >= 11 is 0. The van der Waals surface area contributed by atoms with Gasteiger partial charge in [0.2, 0.25) is 0 Å². The van der Waals surface area contributed by atoms with Crippen molar-refractivity contribution in [2.75, 3.05) is 39.6 Å². The van der Waals surface area contributed by atoms with Gasteiger partial charge in [0, 0.05) is 19.3 Å². The number of carbonyl (C=O) groups is 3. The Bertz CT molecular complexity index is 2770. The highest BCUT2D eigenvalue weighted by Gasteiger charge is 2.29. The third-order valence-electron chi connectivity index (χ3n) is 16.0. The average Bonchev–Trinajstić information content (AvgIpc) is 0.903. The van der Waals surface area contributed by atoms with E-state index in [2.05, 4.69) is 227 Å². The van der Waals surface area contributed by atoms with Gasteiger partial charge in [-0.2, -0.15) is 0 Å². The predicted molar refractivity (Wildman–Crippen MR) is 444 cm³/mol. The fourth-order valence-electron chi connectivity index (χ4n) is 9.96. The van der Waals surface area contributed by atoms with Crippen molar-refractivity contribution in [3.8, 4) is 0 Å². The van der Waals surface area contributed by atoms with Gasteiger partial charge in [-0.15, -0.1) is 0 Å². The van der Waals surface area contributed by atoms with Crippen molar-refractivity contribution in [2.24, 2.45) is 0 Å². The van der Waals surface area contributed by atoms with E-state index in [1.54, 1.807) is 0 Å². The van der Waals surface area contributed by atoms with Crippen LogP contribution in [0.25, 0.3) is 0 Å². The van der Waals surface area contributed by atoms with E-state index in [0.717, 1.165) is 199 Å². The Balaban J connectivity index is 4.74. The van der Waals surface area contributed by atoms with Gasteiger partial charge in [0.1, 0.15) is 25.4 Å². The zero-order chi connectivity index (χ0) is 78.0. The lowest BCUT2D eigenvalue weighted by atomic mass is 10.1. The summed E-state index contributed by atoms with van der Waals surface area (Å²) < 4.78 is 61.2. The van der Waals surface area contributed by atoms with E-state index in [1.165, 1.54) is 19.3 Å². The minimum absolute atomic E-state index is 0.0669. The number of aliphatic hydroxyl groups excluding tert-OH is 2. The van der Waals surface area contributed by atoms with E-state index in [9.17, 15) is 43.5 Å². The van der Waals surface area contributed by atoms with Gasteiger partial charge < -0.3 is 34.2 Å². The number of hydrogen-bond donors (Lipinski definition) is 4. The maximum atomic E-state index is 13.0. The van der Waals surface area contributed by atoms with Crippen molar-refractivity contribution in [3.05, 3.63) is 207 Å². The van der Waals surface area contributed by atoms with Crippen LogP contribution < -0.4 is 0 Å². The summed E-state index contributed by atoms with van der Waals surface area (Å²) in [4.78, 5) is 58.8. The first-order valence-electron chi connectivity index (χ1n) is 40.4. The number of allylic oxidation sites excluding steroid dienone is 34. The first-order chi connectivity index (χ1) is 52.2. The number of aliphatic hydroxyl groups is 2. The standard InChI is InChI=1S/C89H142O16P2/c1-4-7-10-13-16-19-22-25-28-31-34-37-39-40-41-42-44-47-48-51-54-57-60-63-66-69-72-75-87(92)99-78-84(90)79-101-106(95,96)102-80-85(91)81-103-107(97,98)104-83-86(105-89(94)77-74-71-68-65-62-59-56-53-50-45-36-33-30-27-24-21-18-15-12-9-6-3)82-100-88(93)76-73-70-67-64-61-58-55-52-49-46-43-38-35-32-29-26-23-20-17-14-11-8-5-2/h7-12,16-21,25-30,34-38,40-41,44-47,49,53,55-56,58,84-86,90-91H,4-6,13-15,22-24,31-33,39,42-43,48,50-52,54,57,59-83H2,1-3H3,(H,95,96)(H,97,98)/b10-7-,11-8-,12-9-,19-16-,20-17-,21-18-,28-25-,29-26-,30-27-,37-34-,38-35-,41-40-,45-36-,47-44-,49-46-,56-53-,58-55-. The number of phosphoric acid groups is 2. The molecule has 0 rings (SSSR count). The minimum Gasteiger partial charge on any atom is -0.463 e. The van der Waals surface area contributed by atoms with E-state index in [1.807, 2.05) is 0 Å². The Morgan fingerprint density at radius 1 is 0.262 bits per heavy atom. The highest BCUT2D eigenvalue weighted by molar-refractivity contribution is 7.47. The molecule has 0 amide bonds. The van der Waals surface area contributed by atoms with Crippen LogP contribution >= 0.6 is 15.6 Å². The SMILES string of the molecule is CC/C=C\C/C=C\C/C=C\C/C=C\C/C=C\C/C=C\CCCCCCCCCCC(=O)OCC(O)COP(=O)(O)OCC(O)COP(=O)(O)OCC(COC(=O)CCCCCC/C=C\C/C=C\C/C=C\C/C=C\C/C=C\C/C=C\CC)OC(=O)CCCCCCC/C=C\C/C=C\C/C=C\C/C=C\C/C=C\CC. The first-order valence-corrected chi connectivity index (χ1v) is 43.4. The molecule has 0 aromatic heterocycles. The van der Waals surface area contributed by atoms with Crippen molar-refractivity contribution in [1.29, 1.82) is 0 Å². The van der Waals surface area contributed by atoms with Crippen LogP contribution in [-0.4, -0.2) is 95.9 Å². The highest BCUT2D eigenvalue weighted by Crippen LogP contribution is 2.45. The second kappa shape index (κ2) is 79.7. The summed E-state index contributed by atoms with van der Waals surface area (Å²) in [6.07, 6.45) is 106. The molecule has 0 saturated heterocycles. The topological polar surface area (TPSA) is 231 Å². The maximum absolute atomic E-state index is 13.0. The Morgan fingerprint density at radius 3 is 0.738 bits per heavy atom. The van der Waals surface area contributed by atoms with Crippen molar-refractivity contribution >= 4 is 33.6 Å². The molecule has 0 spiro atoms. The zero-order valence-corrected chi connectivity index (χ0v) is 67.8. The van der Waals surface area contributed by atoms with Crippen molar-refractivity contribution in [2.45, 2.75) is 296 Å². The molecule has 18 heteroatoms. The molecule has 604 valence electrons. The molecule has 0 radical (unpaired) electrons. The van der Waals surface area contributed by atoms with Gasteiger partial charge in [0.25, 0.3) is 0 Å². The Hall–Kier alpha value is -5.87. The van der Waals surface area contributed by atoms with Gasteiger partial charge in [-0.05, 0) is 167 Å². The summed E-state index contributed by atoms with van der Waals surface area (Å²) in [5, 5.41) is 20.7. The fourth-order valence-corrected chi connectivity index (χ4v) is 11.5. The lowest BCUT2D eigenvalue weighted by Crippen LogP contribution is -2.30. The number of hydrogen-bond acceptors (Lipinski definition) is 14. The van der Waals surface area contributed by atoms with Crippen LogP contribution in [0.3, 0.4) is 0 Å². The summed E-state index contributed by atoms with van der Waals surface area (Å²) in [6, 6.07) is 0. The van der Waals surface area contributed by atoms with Crippen molar-refractivity contribution in [1.82, 2.24) is 0 Å². The molecule has 0 saturated carbocycles. The quantitative estimate of drug-likeness (QED) is 0.0146. The molecule has 5 unspecified atom stereocenters. The molecule has 107 heavy (non-hydrogen) atoms. The van der Waals surface area contributed by atoms with Gasteiger partial charge in [-0.3, -0.25) is 32.5 Å². The molecule has 0 bridgehead atoms. The van der Waals surface area contributed by atoms with Crippen LogP contribution in [0.5, 0.6) is 0 Å². The van der Waals surface area contributed by atoms with Gasteiger partial charge in [0.15, 0.2) is 6.10 Å². The van der Waals surface area contributed by atoms with Crippen LogP contribution in [0.4, 0.5) is 0 Å². The maximum Gasteiger partial charge on any atom is 0.472 e. The molecule has 0 fully saturated rings. The van der Waals surface area contributed by atoms with Crippen LogP contribution in [0.2, 0.25) is 0 Å². The zero-order valence-electron chi connectivity index (χ0n) is 66.0. The second-order valence-corrected chi connectivity index (χ2v) is 29.0. The molecule has 4 N–H and O–H groups in total. The predicted octanol–water partition coefficient (Wildman–Crippen LogP) is 24.1. The van der Waals surface area contributed by atoms with Gasteiger partial charge in [-0.1, -0.05) is 298 Å². The molecule has 0 aromatic carbocycles. The van der Waals surface area contributed by atoms with E-state index in [-0.39, 0.29) is 19.3 Å². The van der Waals surface area contributed by atoms with Crippen molar-refractivity contribution in [3.63, 3.8) is 0 Å². The van der Waals surface area contributed by atoms with Crippen LogP contribution in [0.15, 0.2) is 207 Å². The highest BCUT2D eigenvalue weighted by atomic mass is 31.2. The molecule has 0 aliphatic carbocycles. The molecule has 0 heterocycles. The lowest BCUT2D eigenvalue weighted by Gasteiger charge is -2.21. The molecule has 0 aliphatic rings. The number of ether oxygens (including phenoxy) is 3. The molecule has 0 aliphatic heterocycles. The summed E-state index contributed by atoms with van der Waals surface area (Å²) in [6.45, 7) is 2.25. The smallest absolute Gasteiger partial charge is 0.463 e. The van der Waals surface area contributed by atoms with Crippen LogP contribution in [0.1, 0.15) is 278 Å². The third-order valence-corrected chi connectivity index (χ3v) is 17.9. The molecule has 5 atom stereocenters. The third kappa shape index (κ3) is 81.0. The second-order valence-electron chi connectivity index (χ2n) is 26.1. The summed E-state index contributed by atoms with van der Waals surface area (Å²) in [5.41, 5.74) is 0. The normalized spacial score (nSPS) is 15.0. The van der Waals surface area contributed by atoms with E-state index < -0.39 is 91.5 Å². The Kier molecular flexibility index (Phi) is 75.3. The number of rotatable bonds is 74. The van der Waals surface area contributed by atoms with Gasteiger partial charge in [-0.25, -0.2) is 9.13 Å². The van der Waals surface area contributed by atoms with E-state index >= 15 is 0 Å². The van der Waals surface area contributed by atoms with E-state index in [4.69, 9.17) is 32.3 Å². The molecule has 0 aromatic rings. The number of phosphoric ester groups is 2. The monoisotopic (exact) mass is 1530 g/mol. The van der Waals surface area contributed by atoms with Gasteiger partial charge in [0.05, 0.1) is 26.4 Å². The fraction of sp³-hybridized carbons (Fsp3) is 0.584. The summed E-state index contributed by atoms with van der Waals surface area (Å²) in [5.74, 6) is -1.65. The largest absolute Gasteiger partial charge is 0.472 e. The first kappa shape index (κ1) is 101. The van der Waals surface area contributed by atoms with Gasteiger partial charge >= 0.3 is 33.6 Å². The lowest BCUT2D eigenvalue weighted by molar-refractivity contribution is -0.161. The Morgan fingerprint density at radius 2 is 0.467 bits per heavy atom. The van der Waals surface area contributed by atoms with Crippen LogP contribution in [0, 0.1) is 0 Å². The minimum atomic E-state index is -4.96. The number of esters is 3. The van der Waals surface area contributed by atoms with Crippen molar-refractivity contribution < 1.29 is 75.8 Å².